The standard InChI is InChI=1S/C20H19NO3/c22-13-15-7-5-14(6-8-15)12-21-18(23)11-20(19(21)24)10-9-16-3-1-2-4-17(16)20/h1-8,22H,9-13H2/t20-/m0/s1. The van der Waals surface area contributed by atoms with Gasteiger partial charge in [0, 0.05) is 6.42 Å². The Labute approximate surface area is 140 Å². The number of amides is 2. The van der Waals surface area contributed by atoms with Crippen LogP contribution in [0.25, 0.3) is 0 Å². The number of hydrogen-bond donors (Lipinski definition) is 1. The van der Waals surface area contributed by atoms with Crippen LogP contribution in [0.2, 0.25) is 0 Å². The van der Waals surface area contributed by atoms with E-state index >= 15 is 0 Å². The molecule has 0 bridgehead atoms. The van der Waals surface area contributed by atoms with Gasteiger partial charge in [0.15, 0.2) is 0 Å². The van der Waals surface area contributed by atoms with Gasteiger partial charge in [0.25, 0.3) is 0 Å². The number of hydrogen-bond acceptors (Lipinski definition) is 3. The third-order valence-electron chi connectivity index (χ3n) is 5.31. The predicted molar refractivity (Wildman–Crippen MR) is 89.0 cm³/mol. The monoisotopic (exact) mass is 321 g/mol. The summed E-state index contributed by atoms with van der Waals surface area (Å²) < 4.78 is 0. The van der Waals surface area contributed by atoms with Gasteiger partial charge in [0.05, 0.1) is 18.6 Å². The normalized spacial score (nSPS) is 22.5. The number of benzene rings is 2. The molecule has 0 radical (unpaired) electrons. The lowest BCUT2D eigenvalue weighted by atomic mass is 9.80. The molecular weight excluding hydrogens is 302 g/mol. The molecule has 1 spiro atoms. The summed E-state index contributed by atoms with van der Waals surface area (Å²) in [5, 5.41) is 9.11. The van der Waals surface area contributed by atoms with E-state index in [-0.39, 0.29) is 24.8 Å². The third-order valence-corrected chi connectivity index (χ3v) is 5.31. The summed E-state index contributed by atoms with van der Waals surface area (Å²) >= 11 is 0. The Hall–Kier alpha value is -2.46. The Balaban J connectivity index is 1.63. The fourth-order valence-corrected chi connectivity index (χ4v) is 3.99. The summed E-state index contributed by atoms with van der Waals surface area (Å²) in [5.74, 6) is -0.161. The van der Waals surface area contributed by atoms with Crippen LogP contribution in [-0.2, 0) is 34.6 Å². The van der Waals surface area contributed by atoms with E-state index in [0.29, 0.717) is 6.54 Å². The Morgan fingerprint density at radius 2 is 1.71 bits per heavy atom. The van der Waals surface area contributed by atoms with Gasteiger partial charge in [-0.2, -0.15) is 0 Å². The lowest BCUT2D eigenvalue weighted by molar-refractivity contribution is -0.140. The van der Waals surface area contributed by atoms with Crippen LogP contribution in [0.3, 0.4) is 0 Å². The van der Waals surface area contributed by atoms with Gasteiger partial charge in [-0.15, -0.1) is 0 Å². The average Bonchev–Trinajstić information content (AvgIpc) is 3.10. The maximum Gasteiger partial charge on any atom is 0.240 e. The van der Waals surface area contributed by atoms with E-state index in [9.17, 15) is 9.59 Å². The molecule has 2 aliphatic rings. The second kappa shape index (κ2) is 5.56. The molecule has 1 atom stereocenters. The number of fused-ring (bicyclic) bond motifs is 2. The molecule has 1 aliphatic carbocycles. The van der Waals surface area contributed by atoms with Crippen molar-refractivity contribution >= 4 is 11.8 Å². The molecule has 1 aliphatic heterocycles. The van der Waals surface area contributed by atoms with E-state index in [2.05, 4.69) is 6.07 Å². The van der Waals surface area contributed by atoms with E-state index in [1.807, 2.05) is 42.5 Å². The minimum Gasteiger partial charge on any atom is -0.392 e. The topological polar surface area (TPSA) is 57.6 Å². The smallest absolute Gasteiger partial charge is 0.240 e. The number of carbonyl (C=O) groups excluding carboxylic acids is 2. The zero-order valence-corrected chi connectivity index (χ0v) is 13.4. The Bertz CT molecular complexity index is 812. The quantitative estimate of drug-likeness (QED) is 0.883. The van der Waals surface area contributed by atoms with Crippen molar-refractivity contribution < 1.29 is 14.7 Å². The van der Waals surface area contributed by atoms with Crippen molar-refractivity contribution in [1.29, 1.82) is 0 Å². The van der Waals surface area contributed by atoms with Crippen molar-refractivity contribution in [3.05, 3.63) is 70.8 Å². The first-order valence-corrected chi connectivity index (χ1v) is 8.26. The Morgan fingerprint density at radius 1 is 1.00 bits per heavy atom. The SMILES string of the molecule is O=C1C[C@]2(CCc3ccccc32)C(=O)N1Cc1ccc(CO)cc1. The maximum absolute atomic E-state index is 13.1. The van der Waals surface area contributed by atoms with Gasteiger partial charge in [0.2, 0.25) is 11.8 Å². The molecule has 2 amide bonds. The fraction of sp³-hybridized carbons (Fsp3) is 0.300. The highest BCUT2D eigenvalue weighted by molar-refractivity contribution is 6.09. The number of nitrogens with zero attached hydrogens (tertiary/aromatic N) is 1. The summed E-state index contributed by atoms with van der Waals surface area (Å²) in [5.41, 5.74) is 3.28. The van der Waals surface area contributed by atoms with Crippen LogP contribution in [0, 0.1) is 0 Å². The summed E-state index contributed by atoms with van der Waals surface area (Å²) in [6.45, 7) is 0.287. The van der Waals surface area contributed by atoms with Crippen LogP contribution < -0.4 is 0 Å². The van der Waals surface area contributed by atoms with E-state index in [4.69, 9.17) is 5.11 Å². The van der Waals surface area contributed by atoms with Crippen LogP contribution in [0.1, 0.15) is 35.1 Å². The highest BCUT2D eigenvalue weighted by Gasteiger charge is 2.55. The maximum atomic E-state index is 13.1. The first kappa shape index (κ1) is 15.1. The van der Waals surface area contributed by atoms with Crippen LogP contribution >= 0.6 is 0 Å². The van der Waals surface area contributed by atoms with Crippen molar-refractivity contribution in [3.63, 3.8) is 0 Å². The number of likely N-dealkylation sites (tertiary alicyclic amines) is 1. The number of imide groups is 1. The molecule has 2 aromatic rings. The van der Waals surface area contributed by atoms with Crippen molar-refractivity contribution in [1.82, 2.24) is 4.90 Å². The van der Waals surface area contributed by atoms with Gasteiger partial charge in [0.1, 0.15) is 0 Å². The zero-order chi connectivity index (χ0) is 16.7. The lowest BCUT2D eigenvalue weighted by Gasteiger charge is -2.23. The van der Waals surface area contributed by atoms with Gasteiger partial charge >= 0.3 is 0 Å². The highest BCUT2D eigenvalue weighted by atomic mass is 16.3. The van der Waals surface area contributed by atoms with Gasteiger partial charge in [-0.25, -0.2) is 0 Å². The Kier molecular flexibility index (Phi) is 3.50. The summed E-state index contributed by atoms with van der Waals surface area (Å²) in [4.78, 5) is 27.0. The first-order chi connectivity index (χ1) is 11.6. The van der Waals surface area contributed by atoms with Crippen LogP contribution in [0.15, 0.2) is 48.5 Å². The average molecular weight is 321 g/mol. The molecule has 1 N–H and O–H groups in total. The molecule has 122 valence electrons. The summed E-state index contributed by atoms with van der Waals surface area (Å²) in [7, 11) is 0. The molecule has 0 saturated carbocycles. The van der Waals surface area contributed by atoms with Crippen LogP contribution in [-0.4, -0.2) is 21.8 Å². The van der Waals surface area contributed by atoms with E-state index < -0.39 is 5.41 Å². The Morgan fingerprint density at radius 3 is 2.46 bits per heavy atom. The van der Waals surface area contributed by atoms with E-state index in [1.165, 1.54) is 10.5 Å². The number of carbonyl (C=O) groups is 2. The van der Waals surface area contributed by atoms with Crippen LogP contribution in [0.4, 0.5) is 0 Å². The van der Waals surface area contributed by atoms with Gasteiger partial charge in [-0.1, -0.05) is 48.5 Å². The second-order valence-electron chi connectivity index (χ2n) is 6.68. The van der Waals surface area contributed by atoms with E-state index in [0.717, 1.165) is 29.5 Å². The molecular formula is C20H19NO3. The van der Waals surface area contributed by atoms with Crippen LogP contribution in [0.5, 0.6) is 0 Å². The van der Waals surface area contributed by atoms with Crippen molar-refractivity contribution in [2.45, 2.75) is 37.8 Å². The minimum atomic E-state index is -0.654. The number of aliphatic hydroxyl groups is 1. The van der Waals surface area contributed by atoms with Gasteiger partial charge in [-0.05, 0) is 35.1 Å². The molecule has 4 rings (SSSR count). The fourth-order valence-electron chi connectivity index (χ4n) is 3.99. The highest BCUT2D eigenvalue weighted by Crippen LogP contribution is 2.47. The van der Waals surface area contributed by atoms with Crippen molar-refractivity contribution in [2.75, 3.05) is 0 Å². The molecule has 1 heterocycles. The lowest BCUT2D eigenvalue weighted by Crippen LogP contribution is -2.36. The van der Waals surface area contributed by atoms with Gasteiger partial charge < -0.3 is 5.11 Å². The van der Waals surface area contributed by atoms with Crippen molar-refractivity contribution in [2.24, 2.45) is 0 Å². The minimum absolute atomic E-state index is 0.0122. The molecule has 4 nitrogen and oxygen atoms in total. The first-order valence-electron chi connectivity index (χ1n) is 8.26. The second-order valence-corrected chi connectivity index (χ2v) is 6.68. The molecule has 0 aromatic heterocycles. The molecule has 1 saturated heterocycles. The summed E-state index contributed by atoms with van der Waals surface area (Å²) in [6, 6.07) is 15.3. The summed E-state index contributed by atoms with van der Waals surface area (Å²) in [6.07, 6.45) is 1.85. The predicted octanol–water partition coefficient (Wildman–Crippen LogP) is 2.32. The number of aliphatic hydroxyl groups excluding tert-OH is 1. The number of rotatable bonds is 3. The molecule has 4 heteroatoms. The van der Waals surface area contributed by atoms with Crippen molar-refractivity contribution in [3.8, 4) is 0 Å². The van der Waals surface area contributed by atoms with E-state index in [1.54, 1.807) is 0 Å². The number of aryl methyl sites for hydroxylation is 1. The third kappa shape index (κ3) is 2.18. The molecule has 1 fully saturated rings. The largest absolute Gasteiger partial charge is 0.392 e. The molecule has 2 aromatic carbocycles. The van der Waals surface area contributed by atoms with Gasteiger partial charge in [-0.3, -0.25) is 14.5 Å². The zero-order valence-electron chi connectivity index (χ0n) is 13.4. The molecule has 0 unspecified atom stereocenters. The molecule has 24 heavy (non-hydrogen) atoms.